The fraction of sp³-hybridized carbons (Fsp3) is 0.250. The van der Waals surface area contributed by atoms with E-state index in [1.165, 1.54) is 22.5 Å². The van der Waals surface area contributed by atoms with Gasteiger partial charge in [0.2, 0.25) is 11.0 Å². The highest BCUT2D eigenvalue weighted by molar-refractivity contribution is 8.00. The maximum absolute atomic E-state index is 12.3. The Kier molecular flexibility index (Phi) is 5.78. The number of carbonyl (C=O) groups is 1. The second-order valence-corrected chi connectivity index (χ2v) is 8.55. The van der Waals surface area contributed by atoms with Gasteiger partial charge in [0.05, 0.1) is 6.42 Å². The third-order valence-corrected chi connectivity index (χ3v) is 6.15. The lowest BCUT2D eigenvalue weighted by Gasteiger charge is -2.18. The van der Waals surface area contributed by atoms with Gasteiger partial charge in [0.15, 0.2) is 15.8 Å². The number of fused-ring (bicyclic) bond motifs is 1. The quantitative estimate of drug-likeness (QED) is 0.485. The Morgan fingerprint density at radius 1 is 1.07 bits per heavy atom. The number of nitrogens with one attached hydrogen (secondary N) is 1. The lowest BCUT2D eigenvalue weighted by Crippen LogP contribution is -2.17. The SMILES string of the molecule is Cc1ccc(CSc2nnc(NC(=O)Cc3ccc4c(c3)OCCO4)s2)cc1. The lowest BCUT2D eigenvalue weighted by molar-refractivity contribution is -0.115. The maximum Gasteiger partial charge on any atom is 0.230 e. The Morgan fingerprint density at radius 3 is 2.64 bits per heavy atom. The van der Waals surface area contributed by atoms with Gasteiger partial charge in [-0.1, -0.05) is 59.0 Å². The fourth-order valence-electron chi connectivity index (χ4n) is 2.69. The first-order valence-electron chi connectivity index (χ1n) is 8.86. The molecule has 3 aromatic rings. The standard InChI is InChI=1S/C20H19N3O3S2/c1-13-2-4-14(5-3-13)12-27-20-23-22-19(28-20)21-18(24)11-15-6-7-16-17(10-15)26-9-8-25-16/h2-7,10H,8-9,11-12H2,1H3,(H,21,22,24). The summed E-state index contributed by atoms with van der Waals surface area (Å²) in [4.78, 5) is 12.3. The molecule has 0 saturated carbocycles. The van der Waals surface area contributed by atoms with Crippen LogP contribution in [0.5, 0.6) is 11.5 Å². The second kappa shape index (κ2) is 8.62. The van der Waals surface area contributed by atoms with Crippen LogP contribution >= 0.6 is 23.1 Å². The summed E-state index contributed by atoms with van der Waals surface area (Å²) in [6.07, 6.45) is 0.238. The van der Waals surface area contributed by atoms with Crippen LogP contribution in [-0.4, -0.2) is 29.3 Å². The number of amides is 1. The summed E-state index contributed by atoms with van der Waals surface area (Å²) in [5.41, 5.74) is 3.34. The molecule has 1 N–H and O–H groups in total. The summed E-state index contributed by atoms with van der Waals surface area (Å²) in [5.74, 6) is 2.08. The molecule has 0 spiro atoms. The van der Waals surface area contributed by atoms with E-state index in [2.05, 4.69) is 46.7 Å². The molecule has 0 radical (unpaired) electrons. The van der Waals surface area contributed by atoms with E-state index in [-0.39, 0.29) is 12.3 Å². The van der Waals surface area contributed by atoms with E-state index in [0.717, 1.165) is 21.4 Å². The maximum atomic E-state index is 12.3. The first-order valence-corrected chi connectivity index (χ1v) is 10.7. The van der Waals surface area contributed by atoms with E-state index in [4.69, 9.17) is 9.47 Å². The van der Waals surface area contributed by atoms with Crippen molar-refractivity contribution in [3.05, 3.63) is 59.2 Å². The molecule has 0 aliphatic carbocycles. The van der Waals surface area contributed by atoms with Gasteiger partial charge in [0.1, 0.15) is 13.2 Å². The van der Waals surface area contributed by atoms with Crippen molar-refractivity contribution in [3.63, 3.8) is 0 Å². The van der Waals surface area contributed by atoms with Gasteiger partial charge >= 0.3 is 0 Å². The Hall–Kier alpha value is -2.58. The Balaban J connectivity index is 1.30. The Morgan fingerprint density at radius 2 is 1.82 bits per heavy atom. The molecule has 0 atom stereocenters. The molecule has 0 fully saturated rings. The van der Waals surface area contributed by atoms with Crippen molar-refractivity contribution in [1.29, 1.82) is 0 Å². The third kappa shape index (κ3) is 4.82. The zero-order chi connectivity index (χ0) is 19.3. The number of thioether (sulfide) groups is 1. The van der Waals surface area contributed by atoms with Gasteiger partial charge in [0.25, 0.3) is 0 Å². The molecule has 8 heteroatoms. The minimum atomic E-state index is -0.136. The monoisotopic (exact) mass is 413 g/mol. The fourth-order valence-corrected chi connectivity index (χ4v) is 4.42. The van der Waals surface area contributed by atoms with Crippen molar-refractivity contribution in [1.82, 2.24) is 10.2 Å². The lowest BCUT2D eigenvalue weighted by atomic mass is 10.1. The number of anilines is 1. The van der Waals surface area contributed by atoms with Crippen LogP contribution in [0, 0.1) is 6.92 Å². The minimum absolute atomic E-state index is 0.136. The zero-order valence-electron chi connectivity index (χ0n) is 15.3. The van der Waals surface area contributed by atoms with Crippen LogP contribution in [0.2, 0.25) is 0 Å². The number of rotatable bonds is 6. The van der Waals surface area contributed by atoms with E-state index >= 15 is 0 Å². The molecule has 2 heterocycles. The van der Waals surface area contributed by atoms with Gasteiger partial charge in [0, 0.05) is 5.75 Å². The van der Waals surface area contributed by atoms with Gasteiger partial charge < -0.3 is 14.8 Å². The molecule has 28 heavy (non-hydrogen) atoms. The van der Waals surface area contributed by atoms with Crippen molar-refractivity contribution in [2.24, 2.45) is 0 Å². The molecule has 0 bridgehead atoms. The third-order valence-electron chi connectivity index (χ3n) is 4.11. The van der Waals surface area contributed by atoms with Crippen LogP contribution in [0.3, 0.4) is 0 Å². The summed E-state index contributed by atoms with van der Waals surface area (Å²) in [5, 5.41) is 11.5. The van der Waals surface area contributed by atoms with Gasteiger partial charge in [-0.15, -0.1) is 10.2 Å². The molecule has 6 nitrogen and oxygen atoms in total. The van der Waals surface area contributed by atoms with E-state index in [1.54, 1.807) is 11.8 Å². The zero-order valence-corrected chi connectivity index (χ0v) is 16.9. The summed E-state index contributed by atoms with van der Waals surface area (Å²) in [6, 6.07) is 14.0. The molecule has 1 aliphatic heterocycles. The first-order chi connectivity index (χ1) is 13.7. The van der Waals surface area contributed by atoms with Crippen molar-refractivity contribution in [2.45, 2.75) is 23.4 Å². The largest absolute Gasteiger partial charge is 0.486 e. The molecule has 1 aliphatic rings. The summed E-state index contributed by atoms with van der Waals surface area (Å²) in [6.45, 7) is 3.15. The van der Waals surface area contributed by atoms with Gasteiger partial charge in [-0.3, -0.25) is 4.79 Å². The van der Waals surface area contributed by atoms with Crippen LogP contribution in [0.4, 0.5) is 5.13 Å². The molecular formula is C20H19N3O3S2. The summed E-state index contributed by atoms with van der Waals surface area (Å²) < 4.78 is 11.9. The highest BCUT2D eigenvalue weighted by Crippen LogP contribution is 2.31. The van der Waals surface area contributed by atoms with Crippen LogP contribution in [0.15, 0.2) is 46.8 Å². The first kappa shape index (κ1) is 18.8. The molecule has 0 saturated heterocycles. The van der Waals surface area contributed by atoms with Crippen LogP contribution in [0.1, 0.15) is 16.7 Å². The summed E-state index contributed by atoms with van der Waals surface area (Å²) in [7, 11) is 0. The number of aryl methyl sites for hydroxylation is 1. The minimum Gasteiger partial charge on any atom is -0.486 e. The number of aromatic nitrogens is 2. The van der Waals surface area contributed by atoms with E-state index in [9.17, 15) is 4.79 Å². The molecule has 1 amide bonds. The van der Waals surface area contributed by atoms with Gasteiger partial charge in [-0.2, -0.15) is 0 Å². The molecule has 144 valence electrons. The predicted molar refractivity (Wildman–Crippen MR) is 110 cm³/mol. The number of ether oxygens (including phenoxy) is 2. The van der Waals surface area contributed by atoms with E-state index < -0.39 is 0 Å². The summed E-state index contributed by atoms with van der Waals surface area (Å²) >= 11 is 2.99. The topological polar surface area (TPSA) is 73.3 Å². The van der Waals surface area contributed by atoms with Crippen molar-refractivity contribution >= 4 is 34.1 Å². The number of carbonyl (C=O) groups excluding carboxylic acids is 1. The van der Waals surface area contributed by atoms with Gasteiger partial charge in [-0.05, 0) is 30.2 Å². The van der Waals surface area contributed by atoms with Crippen LogP contribution in [-0.2, 0) is 17.0 Å². The molecular weight excluding hydrogens is 394 g/mol. The number of hydrogen-bond acceptors (Lipinski definition) is 7. The Bertz CT molecular complexity index is 973. The van der Waals surface area contributed by atoms with Crippen molar-refractivity contribution in [2.75, 3.05) is 18.5 Å². The highest BCUT2D eigenvalue weighted by atomic mass is 32.2. The number of benzene rings is 2. The van der Waals surface area contributed by atoms with E-state index in [1.807, 2.05) is 18.2 Å². The Labute approximate surface area is 171 Å². The average Bonchev–Trinajstić information content (AvgIpc) is 3.14. The number of hydrogen-bond donors (Lipinski definition) is 1. The number of nitrogens with zero attached hydrogens (tertiary/aromatic N) is 2. The smallest absolute Gasteiger partial charge is 0.230 e. The second-order valence-electron chi connectivity index (χ2n) is 6.35. The normalized spacial score (nSPS) is 12.6. The molecule has 2 aromatic carbocycles. The predicted octanol–water partition coefficient (Wildman–Crippen LogP) is 4.09. The molecule has 4 rings (SSSR count). The van der Waals surface area contributed by atoms with Crippen molar-refractivity contribution in [3.8, 4) is 11.5 Å². The van der Waals surface area contributed by atoms with Crippen LogP contribution in [0.25, 0.3) is 0 Å². The van der Waals surface area contributed by atoms with Crippen molar-refractivity contribution < 1.29 is 14.3 Å². The van der Waals surface area contributed by atoms with Gasteiger partial charge in [-0.25, -0.2) is 0 Å². The average molecular weight is 414 g/mol. The van der Waals surface area contributed by atoms with Crippen LogP contribution < -0.4 is 14.8 Å². The van der Waals surface area contributed by atoms with E-state index in [0.29, 0.717) is 24.1 Å². The molecule has 0 unspecified atom stereocenters. The highest BCUT2D eigenvalue weighted by Gasteiger charge is 2.14. The molecule has 1 aromatic heterocycles.